The summed E-state index contributed by atoms with van der Waals surface area (Å²) in [6, 6.07) is 15.1. The van der Waals surface area contributed by atoms with Gasteiger partial charge in [0.15, 0.2) is 0 Å². The minimum absolute atomic E-state index is 0.0261. The van der Waals surface area contributed by atoms with Crippen molar-refractivity contribution in [1.29, 1.82) is 0 Å². The summed E-state index contributed by atoms with van der Waals surface area (Å²) in [4.78, 5) is 14.3. The zero-order chi connectivity index (χ0) is 23.0. The molecule has 1 saturated heterocycles. The summed E-state index contributed by atoms with van der Waals surface area (Å²) in [5.41, 5.74) is 1.94. The normalized spacial score (nSPS) is 14.8. The number of methoxy groups -OCH3 is 2. The zero-order valence-corrected chi connectivity index (χ0v) is 19.4. The van der Waals surface area contributed by atoms with E-state index in [4.69, 9.17) is 9.47 Å². The summed E-state index contributed by atoms with van der Waals surface area (Å²) in [5.74, 6) is 1.44. The average Bonchev–Trinajstić information content (AvgIpc) is 2.82. The highest BCUT2D eigenvalue weighted by Crippen LogP contribution is 2.21. The van der Waals surface area contributed by atoms with Crippen LogP contribution in [0.5, 0.6) is 11.5 Å². The standard InChI is InChI=1S/C23H31N3O5S/c1-30-21-8-4-19(5-9-21)18-23(27)24-12-3-17-32(28,29)26-15-13-25(14-16-26)20-6-10-22(31-2)11-7-20/h4-11H,3,12-18H2,1-2H3,(H,24,27). The SMILES string of the molecule is COc1ccc(CC(=O)NCCCS(=O)(=O)N2CCN(c3ccc(OC)cc3)CC2)cc1. The molecule has 8 nitrogen and oxygen atoms in total. The summed E-state index contributed by atoms with van der Waals surface area (Å²) in [5, 5.41) is 2.80. The van der Waals surface area contributed by atoms with Gasteiger partial charge in [-0.1, -0.05) is 12.1 Å². The first-order valence-electron chi connectivity index (χ1n) is 10.7. The van der Waals surface area contributed by atoms with Crippen LogP contribution >= 0.6 is 0 Å². The lowest BCUT2D eigenvalue weighted by molar-refractivity contribution is -0.120. The van der Waals surface area contributed by atoms with Gasteiger partial charge in [-0.05, 0) is 48.4 Å². The second-order valence-corrected chi connectivity index (χ2v) is 9.72. The third kappa shape index (κ3) is 6.61. The number of carbonyl (C=O) groups excluding carboxylic acids is 1. The number of sulfonamides is 1. The molecule has 2 aromatic rings. The number of carbonyl (C=O) groups is 1. The summed E-state index contributed by atoms with van der Waals surface area (Å²) in [6.45, 7) is 2.53. The van der Waals surface area contributed by atoms with Gasteiger partial charge >= 0.3 is 0 Å². The molecule has 0 spiro atoms. The fourth-order valence-electron chi connectivity index (χ4n) is 3.62. The molecule has 0 radical (unpaired) electrons. The Labute approximate surface area is 190 Å². The molecular weight excluding hydrogens is 430 g/mol. The Kier molecular flexibility index (Phi) is 8.35. The molecule has 0 aliphatic carbocycles. The third-order valence-electron chi connectivity index (χ3n) is 5.49. The van der Waals surface area contributed by atoms with E-state index < -0.39 is 10.0 Å². The van der Waals surface area contributed by atoms with Crippen molar-refractivity contribution in [3.8, 4) is 11.5 Å². The molecule has 0 atom stereocenters. The minimum atomic E-state index is -3.34. The molecule has 1 aliphatic rings. The van der Waals surface area contributed by atoms with Crippen LogP contribution in [0.25, 0.3) is 0 Å². The van der Waals surface area contributed by atoms with Gasteiger partial charge in [-0.2, -0.15) is 4.31 Å². The highest BCUT2D eigenvalue weighted by Gasteiger charge is 2.26. The van der Waals surface area contributed by atoms with E-state index in [1.54, 1.807) is 18.5 Å². The van der Waals surface area contributed by atoms with Crippen LogP contribution < -0.4 is 19.7 Å². The lowest BCUT2D eigenvalue weighted by Crippen LogP contribution is -2.49. The molecule has 0 saturated carbocycles. The Morgan fingerprint density at radius 1 is 0.906 bits per heavy atom. The number of ether oxygens (including phenoxy) is 2. The van der Waals surface area contributed by atoms with Gasteiger partial charge in [-0.15, -0.1) is 0 Å². The van der Waals surface area contributed by atoms with E-state index in [-0.39, 0.29) is 18.1 Å². The topological polar surface area (TPSA) is 88.2 Å². The summed E-state index contributed by atoms with van der Waals surface area (Å²) in [7, 11) is -0.119. The average molecular weight is 462 g/mol. The van der Waals surface area contributed by atoms with Crippen LogP contribution in [0.15, 0.2) is 48.5 Å². The zero-order valence-electron chi connectivity index (χ0n) is 18.6. The number of piperazine rings is 1. The molecular formula is C23H31N3O5S. The predicted octanol–water partition coefficient (Wildman–Crippen LogP) is 1.90. The number of rotatable bonds is 10. The van der Waals surface area contributed by atoms with Crippen LogP contribution in [0, 0.1) is 0 Å². The van der Waals surface area contributed by atoms with Crippen molar-refractivity contribution in [3.05, 3.63) is 54.1 Å². The van der Waals surface area contributed by atoms with E-state index in [0.717, 1.165) is 22.7 Å². The quantitative estimate of drug-likeness (QED) is 0.544. The maximum Gasteiger partial charge on any atom is 0.224 e. The van der Waals surface area contributed by atoms with Crippen molar-refractivity contribution in [2.24, 2.45) is 0 Å². The molecule has 1 fully saturated rings. The van der Waals surface area contributed by atoms with Crippen LogP contribution in [0.1, 0.15) is 12.0 Å². The van der Waals surface area contributed by atoms with Crippen molar-refractivity contribution < 1.29 is 22.7 Å². The van der Waals surface area contributed by atoms with Gasteiger partial charge in [0, 0.05) is 38.4 Å². The van der Waals surface area contributed by atoms with Gasteiger partial charge in [0.05, 0.1) is 26.4 Å². The molecule has 1 aliphatic heterocycles. The largest absolute Gasteiger partial charge is 0.497 e. The van der Waals surface area contributed by atoms with Crippen molar-refractivity contribution in [2.45, 2.75) is 12.8 Å². The number of anilines is 1. The summed E-state index contributed by atoms with van der Waals surface area (Å²) < 4.78 is 37.2. The first kappa shape index (κ1) is 23.9. The van der Waals surface area contributed by atoms with Gasteiger partial charge < -0.3 is 19.7 Å². The van der Waals surface area contributed by atoms with E-state index in [0.29, 0.717) is 39.1 Å². The number of amides is 1. The van der Waals surface area contributed by atoms with Crippen molar-refractivity contribution >= 4 is 21.6 Å². The number of nitrogens with one attached hydrogen (secondary N) is 1. The van der Waals surface area contributed by atoms with Gasteiger partial charge in [0.1, 0.15) is 11.5 Å². The highest BCUT2D eigenvalue weighted by atomic mass is 32.2. The number of benzene rings is 2. The van der Waals surface area contributed by atoms with E-state index in [9.17, 15) is 13.2 Å². The molecule has 1 N–H and O–H groups in total. The van der Waals surface area contributed by atoms with Crippen molar-refractivity contribution in [2.75, 3.05) is 57.6 Å². The minimum Gasteiger partial charge on any atom is -0.497 e. The molecule has 1 heterocycles. The van der Waals surface area contributed by atoms with Gasteiger partial charge in [-0.3, -0.25) is 4.79 Å². The fourth-order valence-corrected chi connectivity index (χ4v) is 5.11. The fraction of sp³-hybridized carbons (Fsp3) is 0.435. The molecule has 32 heavy (non-hydrogen) atoms. The van der Waals surface area contributed by atoms with Crippen molar-refractivity contribution in [3.63, 3.8) is 0 Å². The Bertz CT molecular complexity index is 970. The van der Waals surface area contributed by atoms with Gasteiger partial charge in [0.25, 0.3) is 0 Å². The van der Waals surface area contributed by atoms with Crippen molar-refractivity contribution in [1.82, 2.24) is 9.62 Å². The van der Waals surface area contributed by atoms with Crippen LogP contribution in [-0.4, -0.2) is 71.3 Å². The molecule has 0 unspecified atom stereocenters. The predicted molar refractivity (Wildman–Crippen MR) is 125 cm³/mol. The maximum atomic E-state index is 12.7. The Balaban J connectivity index is 1.38. The highest BCUT2D eigenvalue weighted by molar-refractivity contribution is 7.89. The first-order chi connectivity index (χ1) is 15.4. The van der Waals surface area contributed by atoms with Crippen LogP contribution in [0.2, 0.25) is 0 Å². The molecule has 3 rings (SSSR count). The number of nitrogens with zero attached hydrogens (tertiary/aromatic N) is 2. The lowest BCUT2D eigenvalue weighted by atomic mass is 10.1. The molecule has 0 aromatic heterocycles. The molecule has 9 heteroatoms. The van der Waals surface area contributed by atoms with Gasteiger partial charge in [-0.25, -0.2) is 8.42 Å². The smallest absolute Gasteiger partial charge is 0.224 e. The number of hydrogen-bond donors (Lipinski definition) is 1. The Morgan fingerprint density at radius 2 is 1.47 bits per heavy atom. The summed E-state index contributed by atoms with van der Waals surface area (Å²) >= 11 is 0. The van der Waals surface area contributed by atoms with Crippen LogP contribution in [0.4, 0.5) is 5.69 Å². The third-order valence-corrected chi connectivity index (χ3v) is 7.45. The summed E-state index contributed by atoms with van der Waals surface area (Å²) in [6.07, 6.45) is 0.638. The van der Waals surface area contributed by atoms with Gasteiger partial charge in [0.2, 0.25) is 15.9 Å². The molecule has 2 aromatic carbocycles. The van der Waals surface area contributed by atoms with E-state index in [1.807, 2.05) is 48.5 Å². The van der Waals surface area contributed by atoms with Crippen LogP contribution in [-0.2, 0) is 21.2 Å². The Morgan fingerprint density at radius 3 is 2.03 bits per heavy atom. The molecule has 0 bridgehead atoms. The first-order valence-corrected chi connectivity index (χ1v) is 12.3. The Hall–Kier alpha value is -2.78. The van der Waals surface area contributed by atoms with Crippen LogP contribution in [0.3, 0.4) is 0 Å². The molecule has 1 amide bonds. The second kappa shape index (κ2) is 11.2. The van der Waals surface area contributed by atoms with E-state index >= 15 is 0 Å². The second-order valence-electron chi connectivity index (χ2n) is 7.63. The van der Waals surface area contributed by atoms with E-state index in [1.165, 1.54) is 0 Å². The lowest BCUT2D eigenvalue weighted by Gasteiger charge is -2.35. The monoisotopic (exact) mass is 461 g/mol. The number of hydrogen-bond acceptors (Lipinski definition) is 6. The maximum absolute atomic E-state index is 12.7. The van der Waals surface area contributed by atoms with E-state index in [2.05, 4.69) is 10.2 Å². The molecule has 174 valence electrons.